The van der Waals surface area contributed by atoms with Gasteiger partial charge in [-0.2, -0.15) is 0 Å². The van der Waals surface area contributed by atoms with Crippen LogP contribution in [0.25, 0.3) is 0 Å². The van der Waals surface area contributed by atoms with Crippen LogP contribution in [-0.2, 0) is 14.3 Å². The second-order valence-electron chi connectivity index (χ2n) is 5.98. The molecule has 124 valence electrons. The minimum atomic E-state index is -0.982. The summed E-state index contributed by atoms with van der Waals surface area (Å²) < 4.78 is 4.86. The van der Waals surface area contributed by atoms with Gasteiger partial charge in [-0.25, -0.2) is 9.59 Å². The third-order valence-corrected chi connectivity index (χ3v) is 4.48. The van der Waals surface area contributed by atoms with Crippen molar-refractivity contribution in [3.8, 4) is 0 Å². The predicted octanol–water partition coefficient (Wildman–Crippen LogP) is 1.37. The summed E-state index contributed by atoms with van der Waals surface area (Å²) in [7, 11) is 0. The first-order valence-corrected chi connectivity index (χ1v) is 7.99. The molecule has 2 N–H and O–H groups in total. The van der Waals surface area contributed by atoms with Crippen molar-refractivity contribution in [2.24, 2.45) is 5.92 Å². The van der Waals surface area contributed by atoms with Crippen molar-refractivity contribution in [3.63, 3.8) is 0 Å². The molecule has 2 fully saturated rings. The molecule has 0 aromatic heterocycles. The van der Waals surface area contributed by atoms with Crippen LogP contribution in [0.2, 0.25) is 0 Å². The Morgan fingerprint density at radius 1 is 1.27 bits per heavy atom. The van der Waals surface area contributed by atoms with Crippen LogP contribution in [0.1, 0.15) is 45.4 Å². The summed E-state index contributed by atoms with van der Waals surface area (Å²) in [6.45, 7) is 2.36. The maximum absolute atomic E-state index is 12.7. The Bertz CT molecular complexity index is 436. The Balaban J connectivity index is 2.03. The van der Waals surface area contributed by atoms with Crippen LogP contribution in [-0.4, -0.2) is 53.2 Å². The third kappa shape index (κ3) is 3.90. The number of rotatable bonds is 6. The summed E-state index contributed by atoms with van der Waals surface area (Å²) in [6.07, 6.45) is 4.33. The molecule has 0 radical (unpaired) electrons. The molecule has 2 atom stereocenters. The summed E-state index contributed by atoms with van der Waals surface area (Å²) in [5.74, 6) is -0.865. The molecule has 22 heavy (non-hydrogen) atoms. The number of ether oxygens (including phenoxy) is 1. The van der Waals surface area contributed by atoms with E-state index in [1.165, 1.54) is 4.90 Å². The van der Waals surface area contributed by atoms with Gasteiger partial charge in [-0.1, -0.05) is 19.3 Å². The first-order chi connectivity index (χ1) is 10.5. The van der Waals surface area contributed by atoms with E-state index in [-0.39, 0.29) is 12.5 Å². The van der Waals surface area contributed by atoms with Crippen LogP contribution in [0.4, 0.5) is 4.79 Å². The van der Waals surface area contributed by atoms with Crippen LogP contribution in [0.15, 0.2) is 0 Å². The highest BCUT2D eigenvalue weighted by atomic mass is 16.5. The number of likely N-dealkylation sites (tertiary alicyclic amines) is 1. The van der Waals surface area contributed by atoms with Gasteiger partial charge in [-0.15, -0.1) is 0 Å². The van der Waals surface area contributed by atoms with E-state index in [1.807, 2.05) is 0 Å². The number of hydrogen-bond acceptors (Lipinski definition) is 4. The number of hydrogen-bond donors (Lipinski definition) is 2. The van der Waals surface area contributed by atoms with Gasteiger partial charge in [-0.3, -0.25) is 4.79 Å². The monoisotopic (exact) mass is 312 g/mol. The quantitative estimate of drug-likeness (QED) is 0.772. The molecule has 1 heterocycles. The first-order valence-electron chi connectivity index (χ1n) is 7.99. The predicted molar refractivity (Wildman–Crippen MR) is 78.3 cm³/mol. The molecule has 0 spiro atoms. The minimum Gasteiger partial charge on any atom is -0.480 e. The highest BCUT2D eigenvalue weighted by Gasteiger charge is 2.39. The zero-order valence-corrected chi connectivity index (χ0v) is 12.9. The van der Waals surface area contributed by atoms with Crippen molar-refractivity contribution >= 4 is 18.0 Å². The summed E-state index contributed by atoms with van der Waals surface area (Å²) in [4.78, 5) is 37.0. The van der Waals surface area contributed by atoms with Gasteiger partial charge < -0.3 is 20.1 Å². The Kier molecular flexibility index (Phi) is 5.63. The smallest absolute Gasteiger partial charge is 0.407 e. The SMILES string of the molecule is CCOC(=O)NC(CC1CCC1)C(=O)N1CCC[C@H]1C(=O)O. The average Bonchev–Trinajstić information content (AvgIpc) is 2.90. The molecule has 7 nitrogen and oxygen atoms in total. The maximum atomic E-state index is 12.7. The molecule has 7 heteroatoms. The fraction of sp³-hybridized carbons (Fsp3) is 0.800. The number of nitrogens with zero attached hydrogens (tertiary/aromatic N) is 1. The minimum absolute atomic E-state index is 0.234. The maximum Gasteiger partial charge on any atom is 0.407 e. The Labute approximate surface area is 130 Å². The van der Waals surface area contributed by atoms with E-state index in [0.717, 1.165) is 19.3 Å². The molecule has 1 saturated heterocycles. The number of carboxylic acid groups (broad SMARTS) is 1. The van der Waals surface area contributed by atoms with Crippen molar-refractivity contribution in [3.05, 3.63) is 0 Å². The Morgan fingerprint density at radius 2 is 2.00 bits per heavy atom. The molecule has 1 saturated carbocycles. The largest absolute Gasteiger partial charge is 0.480 e. The highest BCUT2D eigenvalue weighted by molar-refractivity contribution is 5.89. The van der Waals surface area contributed by atoms with Crippen LogP contribution in [0.5, 0.6) is 0 Å². The normalized spacial score (nSPS) is 22.8. The van der Waals surface area contributed by atoms with Crippen LogP contribution in [0, 0.1) is 5.92 Å². The van der Waals surface area contributed by atoms with Gasteiger partial charge in [0.2, 0.25) is 5.91 Å². The second kappa shape index (κ2) is 7.47. The molecule has 0 aromatic rings. The molecule has 1 unspecified atom stereocenters. The fourth-order valence-corrected chi connectivity index (χ4v) is 3.09. The summed E-state index contributed by atoms with van der Waals surface area (Å²) in [6, 6.07) is -1.47. The van der Waals surface area contributed by atoms with Gasteiger partial charge in [-0.05, 0) is 32.1 Å². The van der Waals surface area contributed by atoms with E-state index in [0.29, 0.717) is 31.7 Å². The number of aliphatic carboxylic acids is 1. The van der Waals surface area contributed by atoms with Gasteiger partial charge in [0.05, 0.1) is 6.61 Å². The van der Waals surface area contributed by atoms with Crippen molar-refractivity contribution < 1.29 is 24.2 Å². The van der Waals surface area contributed by atoms with E-state index in [4.69, 9.17) is 4.74 Å². The van der Waals surface area contributed by atoms with Gasteiger partial charge in [0, 0.05) is 6.54 Å². The summed E-state index contributed by atoms with van der Waals surface area (Å²) in [5, 5.41) is 11.8. The number of amides is 2. The van der Waals surface area contributed by atoms with E-state index in [1.54, 1.807) is 6.92 Å². The standard InChI is InChI=1S/C15H24N2O5/c1-2-22-15(21)16-11(9-10-5-3-6-10)13(18)17-8-4-7-12(17)14(19)20/h10-12H,2-9H2,1H3,(H,16,21)(H,19,20)/t11?,12-/m0/s1. The number of carbonyl (C=O) groups excluding carboxylic acids is 2. The summed E-state index contributed by atoms with van der Waals surface area (Å²) in [5.41, 5.74) is 0. The fourth-order valence-electron chi connectivity index (χ4n) is 3.09. The van der Waals surface area contributed by atoms with E-state index in [9.17, 15) is 19.5 Å². The molecule has 2 aliphatic rings. The second-order valence-corrected chi connectivity index (χ2v) is 5.98. The molecule has 1 aliphatic heterocycles. The number of carbonyl (C=O) groups is 3. The van der Waals surface area contributed by atoms with Crippen LogP contribution in [0.3, 0.4) is 0 Å². The van der Waals surface area contributed by atoms with Crippen molar-refractivity contribution in [2.45, 2.75) is 57.5 Å². The zero-order chi connectivity index (χ0) is 16.1. The topological polar surface area (TPSA) is 95.9 Å². The van der Waals surface area contributed by atoms with Crippen molar-refractivity contribution in [1.82, 2.24) is 10.2 Å². The summed E-state index contributed by atoms with van der Waals surface area (Å²) >= 11 is 0. The van der Waals surface area contributed by atoms with Crippen LogP contribution < -0.4 is 5.32 Å². The van der Waals surface area contributed by atoms with E-state index < -0.39 is 24.1 Å². The lowest BCUT2D eigenvalue weighted by atomic mass is 9.80. The molecule has 2 amide bonds. The average molecular weight is 312 g/mol. The lowest BCUT2D eigenvalue weighted by Crippen LogP contribution is -2.52. The number of carboxylic acids is 1. The molecule has 0 bridgehead atoms. The lowest BCUT2D eigenvalue weighted by Gasteiger charge is -2.32. The van der Waals surface area contributed by atoms with E-state index in [2.05, 4.69) is 5.32 Å². The Hall–Kier alpha value is -1.79. The molecular formula is C15H24N2O5. The molecular weight excluding hydrogens is 288 g/mol. The molecule has 2 rings (SSSR count). The highest BCUT2D eigenvalue weighted by Crippen LogP contribution is 2.31. The van der Waals surface area contributed by atoms with Crippen molar-refractivity contribution in [1.29, 1.82) is 0 Å². The van der Waals surface area contributed by atoms with Crippen LogP contribution >= 0.6 is 0 Å². The first kappa shape index (κ1) is 16.6. The zero-order valence-electron chi connectivity index (χ0n) is 12.9. The van der Waals surface area contributed by atoms with Gasteiger partial charge in [0.1, 0.15) is 12.1 Å². The van der Waals surface area contributed by atoms with Crippen molar-refractivity contribution in [2.75, 3.05) is 13.2 Å². The van der Waals surface area contributed by atoms with Gasteiger partial charge in [0.25, 0.3) is 0 Å². The lowest BCUT2D eigenvalue weighted by molar-refractivity contribution is -0.149. The number of alkyl carbamates (subject to hydrolysis) is 1. The van der Waals surface area contributed by atoms with Gasteiger partial charge in [0.15, 0.2) is 0 Å². The number of nitrogens with one attached hydrogen (secondary N) is 1. The molecule has 0 aromatic carbocycles. The third-order valence-electron chi connectivity index (χ3n) is 4.48. The molecule has 1 aliphatic carbocycles. The van der Waals surface area contributed by atoms with Gasteiger partial charge >= 0.3 is 12.1 Å². The Morgan fingerprint density at radius 3 is 2.55 bits per heavy atom. The van der Waals surface area contributed by atoms with E-state index >= 15 is 0 Å².